The second-order valence-corrected chi connectivity index (χ2v) is 8.89. The Bertz CT molecular complexity index is 1140. The molecule has 1 saturated heterocycles. The van der Waals surface area contributed by atoms with Gasteiger partial charge in [-0.25, -0.2) is 14.8 Å². The number of morpholine rings is 1. The van der Waals surface area contributed by atoms with Crippen LogP contribution in [-0.2, 0) is 11.3 Å². The van der Waals surface area contributed by atoms with Crippen molar-refractivity contribution in [3.05, 3.63) is 53.0 Å². The lowest BCUT2D eigenvalue weighted by Gasteiger charge is -2.26. The molecule has 2 aliphatic heterocycles. The molecule has 0 saturated carbocycles. The van der Waals surface area contributed by atoms with Gasteiger partial charge in [-0.2, -0.15) is 0 Å². The number of thiophene rings is 1. The summed E-state index contributed by atoms with van der Waals surface area (Å²) in [5.41, 5.74) is 5.34. The Kier molecular flexibility index (Phi) is 6.02. The molecule has 0 spiro atoms. The molecule has 0 aliphatic carbocycles. The molecule has 0 unspecified atom stereocenters. The molecule has 3 aromatic rings. The Hall–Kier alpha value is -3.01. The van der Waals surface area contributed by atoms with Crippen LogP contribution < -0.4 is 5.32 Å². The van der Waals surface area contributed by atoms with Crippen LogP contribution >= 0.6 is 11.3 Å². The third kappa shape index (κ3) is 4.59. The summed E-state index contributed by atoms with van der Waals surface area (Å²) in [5, 5.41) is 14.6. The van der Waals surface area contributed by atoms with E-state index < -0.39 is 6.09 Å². The fraction of sp³-hybridized carbons (Fsp3) is 0.348. The maximum absolute atomic E-state index is 11.2. The normalized spacial score (nSPS) is 17.4. The van der Waals surface area contributed by atoms with Crippen LogP contribution in [0.5, 0.6) is 0 Å². The fourth-order valence-corrected chi connectivity index (χ4v) is 4.93. The molecule has 0 atom stereocenters. The molecule has 1 amide bonds. The number of aromatic nitrogens is 2. The molecule has 8 nitrogen and oxygen atoms in total. The number of fused-ring (bicyclic) bond motifs is 1. The van der Waals surface area contributed by atoms with Crippen molar-refractivity contribution in [2.45, 2.75) is 13.0 Å². The van der Waals surface area contributed by atoms with Gasteiger partial charge in [-0.15, -0.1) is 11.3 Å². The molecule has 4 heterocycles. The minimum atomic E-state index is -0.875. The maximum Gasteiger partial charge on any atom is 0.407 e. The van der Waals surface area contributed by atoms with Crippen LogP contribution in [0.3, 0.4) is 0 Å². The molecular formula is C23H25N5O3S. The molecule has 32 heavy (non-hydrogen) atoms. The predicted octanol–water partition coefficient (Wildman–Crippen LogP) is 4.03. The Labute approximate surface area is 190 Å². The topological polar surface area (TPSA) is 90.8 Å². The number of carboxylic acid groups (broad SMARTS) is 1. The molecule has 2 aromatic heterocycles. The molecule has 9 heteroatoms. The highest BCUT2D eigenvalue weighted by atomic mass is 32.1. The van der Waals surface area contributed by atoms with Gasteiger partial charge in [0.15, 0.2) is 0 Å². The number of hydrogen-bond acceptors (Lipinski definition) is 7. The molecule has 2 aliphatic rings. The van der Waals surface area contributed by atoms with Gasteiger partial charge < -0.3 is 20.1 Å². The van der Waals surface area contributed by atoms with E-state index in [4.69, 9.17) is 14.8 Å². The zero-order chi connectivity index (χ0) is 21.9. The average molecular weight is 452 g/mol. The summed E-state index contributed by atoms with van der Waals surface area (Å²) in [6.45, 7) is 5.40. The van der Waals surface area contributed by atoms with Gasteiger partial charge >= 0.3 is 6.09 Å². The molecule has 166 valence electrons. The van der Waals surface area contributed by atoms with E-state index in [1.807, 2.05) is 12.3 Å². The Morgan fingerprint density at radius 1 is 1.19 bits per heavy atom. The number of anilines is 2. The molecule has 0 radical (unpaired) electrons. The third-order valence-corrected chi connectivity index (χ3v) is 6.77. The Morgan fingerprint density at radius 2 is 2.00 bits per heavy atom. The summed E-state index contributed by atoms with van der Waals surface area (Å²) in [5.74, 6) is 0.557. The molecule has 5 rings (SSSR count). The van der Waals surface area contributed by atoms with E-state index in [0.717, 1.165) is 59.9 Å². The minimum Gasteiger partial charge on any atom is -0.465 e. The van der Waals surface area contributed by atoms with Crippen molar-refractivity contribution in [2.75, 3.05) is 44.7 Å². The maximum atomic E-state index is 11.2. The molecule has 1 fully saturated rings. The second-order valence-electron chi connectivity index (χ2n) is 7.97. The zero-order valence-electron chi connectivity index (χ0n) is 17.7. The van der Waals surface area contributed by atoms with E-state index in [1.165, 1.54) is 10.5 Å². The first-order valence-electron chi connectivity index (χ1n) is 10.7. The van der Waals surface area contributed by atoms with Gasteiger partial charge in [0.1, 0.15) is 0 Å². The van der Waals surface area contributed by atoms with Crippen molar-refractivity contribution in [1.82, 2.24) is 19.8 Å². The summed E-state index contributed by atoms with van der Waals surface area (Å²) in [6, 6.07) is 8.38. The van der Waals surface area contributed by atoms with Crippen LogP contribution in [0.25, 0.3) is 15.8 Å². The lowest BCUT2D eigenvalue weighted by atomic mass is 10.0. The van der Waals surface area contributed by atoms with Crippen LogP contribution in [0.15, 0.2) is 41.9 Å². The van der Waals surface area contributed by atoms with Gasteiger partial charge in [0.05, 0.1) is 29.6 Å². The van der Waals surface area contributed by atoms with Crippen molar-refractivity contribution in [2.24, 2.45) is 0 Å². The van der Waals surface area contributed by atoms with Crippen LogP contribution in [0.1, 0.15) is 17.5 Å². The van der Waals surface area contributed by atoms with E-state index >= 15 is 0 Å². The van der Waals surface area contributed by atoms with E-state index in [1.54, 1.807) is 11.3 Å². The van der Waals surface area contributed by atoms with Crippen molar-refractivity contribution in [3.63, 3.8) is 0 Å². The number of carbonyl (C=O) groups is 1. The predicted molar refractivity (Wildman–Crippen MR) is 125 cm³/mol. The molecule has 2 N–H and O–H groups in total. The SMILES string of the molecule is O=C(O)N1CC=C(c2csc3cnc(Nc4ccc(CN5CCOCC5)cc4)nc23)CC1. The average Bonchev–Trinajstić information content (AvgIpc) is 3.24. The number of hydrogen-bond donors (Lipinski definition) is 2. The van der Waals surface area contributed by atoms with Crippen molar-refractivity contribution < 1.29 is 14.6 Å². The fourth-order valence-electron chi connectivity index (χ4n) is 4.04. The Morgan fingerprint density at radius 3 is 2.72 bits per heavy atom. The zero-order valence-corrected chi connectivity index (χ0v) is 18.5. The van der Waals surface area contributed by atoms with Gasteiger partial charge in [0, 0.05) is 49.4 Å². The quantitative estimate of drug-likeness (QED) is 0.605. The van der Waals surface area contributed by atoms with E-state index in [9.17, 15) is 4.79 Å². The van der Waals surface area contributed by atoms with Gasteiger partial charge in [-0.3, -0.25) is 4.90 Å². The van der Waals surface area contributed by atoms with Crippen molar-refractivity contribution in [3.8, 4) is 0 Å². The summed E-state index contributed by atoms with van der Waals surface area (Å²) < 4.78 is 6.44. The highest BCUT2D eigenvalue weighted by molar-refractivity contribution is 7.17. The van der Waals surface area contributed by atoms with Crippen LogP contribution in [0, 0.1) is 0 Å². The number of rotatable bonds is 5. The van der Waals surface area contributed by atoms with Gasteiger partial charge in [-0.1, -0.05) is 18.2 Å². The summed E-state index contributed by atoms with van der Waals surface area (Å²) >= 11 is 1.61. The first-order valence-corrected chi connectivity index (χ1v) is 11.6. The largest absolute Gasteiger partial charge is 0.465 e. The standard InChI is InChI=1S/C23H25N5O3S/c29-23(30)28-7-5-17(6-8-28)19-15-32-20-13-24-22(26-21(19)20)25-18-3-1-16(2-4-18)14-27-9-11-31-12-10-27/h1-5,13,15H,6-12,14H2,(H,29,30)(H,24,25,26). The monoisotopic (exact) mass is 451 g/mol. The number of nitrogens with one attached hydrogen (secondary N) is 1. The van der Waals surface area contributed by atoms with Crippen molar-refractivity contribution >= 4 is 44.9 Å². The smallest absolute Gasteiger partial charge is 0.407 e. The van der Waals surface area contributed by atoms with E-state index in [0.29, 0.717) is 25.5 Å². The lowest BCUT2D eigenvalue weighted by Crippen LogP contribution is -2.35. The highest BCUT2D eigenvalue weighted by Gasteiger charge is 2.19. The third-order valence-electron chi connectivity index (χ3n) is 5.86. The van der Waals surface area contributed by atoms with E-state index in [2.05, 4.69) is 44.8 Å². The van der Waals surface area contributed by atoms with Crippen LogP contribution in [0.2, 0.25) is 0 Å². The van der Waals surface area contributed by atoms with E-state index in [-0.39, 0.29) is 0 Å². The first kappa shape index (κ1) is 20.9. The Balaban J connectivity index is 1.30. The molecule has 1 aromatic carbocycles. The van der Waals surface area contributed by atoms with Gasteiger partial charge in [0.25, 0.3) is 0 Å². The second kappa shape index (κ2) is 9.23. The molecular weight excluding hydrogens is 426 g/mol. The lowest BCUT2D eigenvalue weighted by molar-refractivity contribution is 0.0342. The van der Waals surface area contributed by atoms with Gasteiger partial charge in [-0.05, 0) is 29.7 Å². The minimum absolute atomic E-state index is 0.412. The number of amides is 1. The first-order chi connectivity index (χ1) is 15.7. The molecule has 0 bridgehead atoms. The van der Waals surface area contributed by atoms with Crippen molar-refractivity contribution in [1.29, 1.82) is 0 Å². The van der Waals surface area contributed by atoms with Crippen LogP contribution in [0.4, 0.5) is 16.4 Å². The highest BCUT2D eigenvalue weighted by Crippen LogP contribution is 2.33. The van der Waals surface area contributed by atoms with Gasteiger partial charge in [0.2, 0.25) is 5.95 Å². The number of nitrogens with zero attached hydrogens (tertiary/aromatic N) is 4. The van der Waals surface area contributed by atoms with Crippen LogP contribution in [-0.4, -0.2) is 70.4 Å². The summed E-state index contributed by atoms with van der Waals surface area (Å²) in [7, 11) is 0. The summed E-state index contributed by atoms with van der Waals surface area (Å²) in [4.78, 5) is 24.2. The number of benzene rings is 1. The number of ether oxygens (including phenoxy) is 1. The summed E-state index contributed by atoms with van der Waals surface area (Å²) in [6.07, 6.45) is 3.65.